The fraction of sp³-hybridized carbons (Fsp3) is 0.364. The molecule has 0 aliphatic heterocycles. The van der Waals surface area contributed by atoms with E-state index in [9.17, 15) is 4.79 Å². The van der Waals surface area contributed by atoms with Gasteiger partial charge in [0.1, 0.15) is 0 Å². The number of hydrogen-bond acceptors (Lipinski definition) is 4. The fourth-order valence-electron chi connectivity index (χ4n) is 1.48. The normalized spacial score (nSPS) is 11.1. The van der Waals surface area contributed by atoms with Crippen LogP contribution in [0.2, 0.25) is 0 Å². The lowest BCUT2D eigenvalue weighted by molar-refractivity contribution is 0.0879. The van der Waals surface area contributed by atoms with Crippen molar-refractivity contribution >= 4 is 21.6 Å². The summed E-state index contributed by atoms with van der Waals surface area (Å²) < 4.78 is 7.81. The molecule has 0 amide bonds. The highest BCUT2D eigenvalue weighted by atomic mass is 32.1. The van der Waals surface area contributed by atoms with Crippen LogP contribution in [0.3, 0.4) is 0 Å². The Balaban J connectivity index is 2.13. The van der Waals surface area contributed by atoms with Gasteiger partial charge in [-0.25, -0.2) is 0 Å². The molecule has 0 unspecified atom stereocenters. The van der Waals surface area contributed by atoms with Crippen molar-refractivity contribution < 1.29 is 9.84 Å². The number of hydrogen-bond donors (Lipinski definition) is 1. The first-order valence-corrected chi connectivity index (χ1v) is 5.87. The first-order valence-electron chi connectivity index (χ1n) is 5.10. The predicted octanol–water partition coefficient (Wildman–Crippen LogP) is 1.07. The van der Waals surface area contributed by atoms with Crippen molar-refractivity contribution in [2.24, 2.45) is 0 Å². The molecule has 0 spiro atoms. The zero-order valence-electron chi connectivity index (χ0n) is 8.76. The van der Waals surface area contributed by atoms with Gasteiger partial charge in [-0.2, -0.15) is 0 Å². The monoisotopic (exact) mass is 239 g/mol. The van der Waals surface area contributed by atoms with Gasteiger partial charge in [-0.15, -0.1) is 0 Å². The first kappa shape index (κ1) is 11.3. The van der Waals surface area contributed by atoms with E-state index in [1.165, 1.54) is 11.5 Å². The molecule has 0 fully saturated rings. The van der Waals surface area contributed by atoms with Crippen molar-refractivity contribution in [2.45, 2.75) is 6.54 Å². The molecule has 0 saturated carbocycles. The Bertz CT molecular complexity index is 517. The minimum atomic E-state index is 0.0152. The minimum absolute atomic E-state index is 0.0152. The molecule has 0 bridgehead atoms. The van der Waals surface area contributed by atoms with Crippen molar-refractivity contribution in [3.8, 4) is 0 Å². The Morgan fingerprint density at radius 1 is 1.31 bits per heavy atom. The summed E-state index contributed by atoms with van der Waals surface area (Å²) in [7, 11) is 0. The SMILES string of the molecule is O=c1c2ccccc2sn1CCOCCO. The summed E-state index contributed by atoms with van der Waals surface area (Å²) in [5.41, 5.74) is 0.0354. The Labute approximate surface area is 96.9 Å². The van der Waals surface area contributed by atoms with Crippen LogP contribution in [0, 0.1) is 0 Å². The maximum Gasteiger partial charge on any atom is 0.268 e. The topological polar surface area (TPSA) is 51.5 Å². The standard InChI is InChI=1S/C11H13NO3S/c13-6-8-15-7-5-12-11(14)9-3-1-2-4-10(9)16-12/h1-4,13H,5-8H2. The van der Waals surface area contributed by atoms with E-state index in [2.05, 4.69) is 0 Å². The number of ether oxygens (including phenoxy) is 1. The minimum Gasteiger partial charge on any atom is -0.394 e. The van der Waals surface area contributed by atoms with E-state index < -0.39 is 0 Å². The molecule has 0 aliphatic carbocycles. The molecule has 1 aromatic carbocycles. The molecule has 1 N–H and O–H groups in total. The van der Waals surface area contributed by atoms with Gasteiger partial charge < -0.3 is 9.84 Å². The van der Waals surface area contributed by atoms with Crippen LogP contribution in [-0.4, -0.2) is 28.9 Å². The highest BCUT2D eigenvalue weighted by Crippen LogP contribution is 2.15. The summed E-state index contributed by atoms with van der Waals surface area (Å²) in [5, 5.41) is 9.30. The molecule has 0 atom stereocenters. The van der Waals surface area contributed by atoms with Crippen molar-refractivity contribution in [3.63, 3.8) is 0 Å². The zero-order chi connectivity index (χ0) is 11.4. The molecule has 16 heavy (non-hydrogen) atoms. The van der Waals surface area contributed by atoms with Gasteiger partial charge in [0.25, 0.3) is 5.56 Å². The molecule has 2 aromatic rings. The highest BCUT2D eigenvalue weighted by Gasteiger charge is 2.05. The van der Waals surface area contributed by atoms with Crippen LogP contribution >= 0.6 is 11.5 Å². The molecule has 0 aliphatic rings. The van der Waals surface area contributed by atoms with Crippen LogP contribution in [0.15, 0.2) is 29.1 Å². The Hall–Kier alpha value is -1.17. The van der Waals surface area contributed by atoms with E-state index in [4.69, 9.17) is 9.84 Å². The summed E-state index contributed by atoms with van der Waals surface area (Å²) in [6.45, 7) is 1.33. The first-order chi connectivity index (χ1) is 7.83. The third kappa shape index (κ3) is 2.32. The van der Waals surface area contributed by atoms with E-state index >= 15 is 0 Å². The third-order valence-electron chi connectivity index (χ3n) is 2.23. The largest absolute Gasteiger partial charge is 0.394 e. The molecule has 0 saturated heterocycles. The van der Waals surface area contributed by atoms with Crippen molar-refractivity contribution in [3.05, 3.63) is 34.6 Å². The molecular formula is C11H13NO3S. The molecule has 0 radical (unpaired) electrons. The van der Waals surface area contributed by atoms with Gasteiger partial charge in [-0.1, -0.05) is 23.7 Å². The Kier molecular flexibility index (Phi) is 3.71. The van der Waals surface area contributed by atoms with Gasteiger partial charge in [-0.05, 0) is 12.1 Å². The van der Waals surface area contributed by atoms with E-state index in [1.54, 1.807) is 3.96 Å². The van der Waals surface area contributed by atoms with Gasteiger partial charge in [-0.3, -0.25) is 8.75 Å². The van der Waals surface area contributed by atoms with E-state index in [0.717, 1.165) is 10.1 Å². The summed E-state index contributed by atoms with van der Waals surface area (Å²) in [6.07, 6.45) is 0. The summed E-state index contributed by atoms with van der Waals surface area (Å²) in [5.74, 6) is 0. The van der Waals surface area contributed by atoms with Crippen LogP contribution in [0.1, 0.15) is 0 Å². The predicted molar refractivity (Wildman–Crippen MR) is 64.0 cm³/mol. The van der Waals surface area contributed by atoms with E-state index in [1.807, 2.05) is 24.3 Å². The molecule has 4 nitrogen and oxygen atoms in total. The van der Waals surface area contributed by atoms with Gasteiger partial charge >= 0.3 is 0 Å². The Morgan fingerprint density at radius 2 is 2.12 bits per heavy atom. The van der Waals surface area contributed by atoms with Crippen LogP contribution in [0.5, 0.6) is 0 Å². The lowest BCUT2D eigenvalue weighted by Crippen LogP contribution is -2.16. The molecular weight excluding hydrogens is 226 g/mol. The van der Waals surface area contributed by atoms with Crippen LogP contribution in [-0.2, 0) is 11.3 Å². The molecule has 5 heteroatoms. The number of fused-ring (bicyclic) bond motifs is 1. The molecule has 86 valence electrons. The molecule has 1 aromatic heterocycles. The number of benzene rings is 1. The third-order valence-corrected chi connectivity index (χ3v) is 3.35. The van der Waals surface area contributed by atoms with Crippen LogP contribution in [0.25, 0.3) is 10.1 Å². The smallest absolute Gasteiger partial charge is 0.268 e. The second-order valence-electron chi connectivity index (χ2n) is 3.33. The van der Waals surface area contributed by atoms with Crippen LogP contribution in [0.4, 0.5) is 0 Å². The number of nitrogens with zero attached hydrogens (tertiary/aromatic N) is 1. The number of aromatic nitrogens is 1. The fourth-order valence-corrected chi connectivity index (χ4v) is 2.46. The average molecular weight is 239 g/mol. The van der Waals surface area contributed by atoms with Crippen molar-refractivity contribution in [1.82, 2.24) is 3.96 Å². The van der Waals surface area contributed by atoms with Gasteiger partial charge in [0, 0.05) is 0 Å². The van der Waals surface area contributed by atoms with Gasteiger partial charge in [0.15, 0.2) is 0 Å². The van der Waals surface area contributed by atoms with Gasteiger partial charge in [0.05, 0.1) is 36.5 Å². The quantitative estimate of drug-likeness (QED) is 0.794. The van der Waals surface area contributed by atoms with Crippen molar-refractivity contribution in [2.75, 3.05) is 19.8 Å². The van der Waals surface area contributed by atoms with E-state index in [-0.39, 0.29) is 12.2 Å². The summed E-state index contributed by atoms with van der Waals surface area (Å²) in [4.78, 5) is 11.9. The second kappa shape index (κ2) is 5.25. The zero-order valence-corrected chi connectivity index (χ0v) is 9.57. The molecule has 1 heterocycles. The summed E-state index contributed by atoms with van der Waals surface area (Å²) >= 11 is 1.44. The van der Waals surface area contributed by atoms with E-state index in [0.29, 0.717) is 19.8 Å². The Morgan fingerprint density at radius 3 is 2.88 bits per heavy atom. The number of rotatable bonds is 5. The maximum absolute atomic E-state index is 11.9. The lowest BCUT2D eigenvalue weighted by atomic mass is 10.3. The lowest BCUT2D eigenvalue weighted by Gasteiger charge is -2.01. The second-order valence-corrected chi connectivity index (χ2v) is 4.39. The number of aliphatic hydroxyl groups excluding tert-OH is 1. The van der Waals surface area contributed by atoms with Crippen molar-refractivity contribution in [1.29, 1.82) is 0 Å². The van der Waals surface area contributed by atoms with Gasteiger partial charge in [0.2, 0.25) is 0 Å². The maximum atomic E-state index is 11.9. The highest BCUT2D eigenvalue weighted by molar-refractivity contribution is 7.13. The number of aliphatic hydroxyl groups is 1. The summed E-state index contributed by atoms with van der Waals surface area (Å²) in [6, 6.07) is 7.56. The average Bonchev–Trinajstić information content (AvgIpc) is 2.63. The van der Waals surface area contributed by atoms with Crippen LogP contribution < -0.4 is 5.56 Å². The molecule has 2 rings (SSSR count).